The van der Waals surface area contributed by atoms with Crippen LogP contribution in [0, 0.1) is 0 Å². The molecule has 0 aliphatic carbocycles. The van der Waals surface area contributed by atoms with E-state index in [0.717, 1.165) is 12.8 Å². The number of ether oxygens (including phenoxy) is 2. The number of fused-ring (bicyclic) bond motifs is 1. The van der Waals surface area contributed by atoms with E-state index < -0.39 is 30.0 Å². The van der Waals surface area contributed by atoms with Gasteiger partial charge in [-0.3, -0.25) is 9.59 Å². The Bertz CT molecular complexity index is 1150. The lowest BCUT2D eigenvalue weighted by Crippen LogP contribution is -2.22. The predicted octanol–water partition coefficient (Wildman–Crippen LogP) is 2.68. The lowest BCUT2D eigenvalue weighted by molar-refractivity contribution is -0.119. The number of nitrogens with one attached hydrogen (secondary N) is 2. The number of H-pyrrole nitrogens is 1. The van der Waals surface area contributed by atoms with Crippen LogP contribution in [0.2, 0.25) is 0 Å². The zero-order valence-electron chi connectivity index (χ0n) is 16.8. The molecule has 1 amide bonds. The Morgan fingerprint density at radius 1 is 0.968 bits per heavy atom. The quantitative estimate of drug-likeness (QED) is 0.421. The summed E-state index contributed by atoms with van der Waals surface area (Å²) in [6.45, 7) is 1.81. The zero-order valence-corrected chi connectivity index (χ0v) is 16.8. The molecule has 9 heteroatoms. The third kappa shape index (κ3) is 5.53. The van der Waals surface area contributed by atoms with Gasteiger partial charge in [-0.25, -0.2) is 14.7 Å². The predicted molar refractivity (Wildman–Crippen MR) is 113 cm³/mol. The minimum absolute atomic E-state index is 0.0889. The van der Waals surface area contributed by atoms with Gasteiger partial charge < -0.3 is 14.8 Å². The second-order valence-electron chi connectivity index (χ2n) is 6.64. The monoisotopic (exact) mass is 423 g/mol. The van der Waals surface area contributed by atoms with Crippen molar-refractivity contribution in [1.29, 1.82) is 0 Å². The molecule has 0 atom stereocenters. The van der Waals surface area contributed by atoms with Crippen molar-refractivity contribution in [3.8, 4) is 0 Å². The number of rotatable bonds is 8. The first-order chi connectivity index (χ1) is 15.0. The molecular weight excluding hydrogens is 402 g/mol. The topological polar surface area (TPSA) is 127 Å². The van der Waals surface area contributed by atoms with Crippen molar-refractivity contribution in [2.45, 2.75) is 19.8 Å². The maximum Gasteiger partial charge on any atom is 0.359 e. The smallest absolute Gasteiger partial charge is 0.359 e. The van der Waals surface area contributed by atoms with Crippen LogP contribution >= 0.6 is 0 Å². The third-order valence-corrected chi connectivity index (χ3v) is 4.36. The average Bonchev–Trinajstić information content (AvgIpc) is 2.78. The van der Waals surface area contributed by atoms with Gasteiger partial charge in [0.2, 0.25) is 0 Å². The molecule has 3 rings (SSSR count). The second-order valence-corrected chi connectivity index (χ2v) is 6.64. The van der Waals surface area contributed by atoms with Gasteiger partial charge in [0.15, 0.2) is 12.3 Å². The number of esters is 2. The summed E-state index contributed by atoms with van der Waals surface area (Å²) in [5, 5.41) is 9.16. The van der Waals surface area contributed by atoms with Crippen LogP contribution in [-0.4, -0.2) is 41.3 Å². The van der Waals surface area contributed by atoms with Crippen LogP contribution in [0.5, 0.6) is 0 Å². The van der Waals surface area contributed by atoms with Crippen LogP contribution in [0.4, 0.5) is 5.69 Å². The SMILES string of the molecule is CCCCOC(=O)c1ccc(NC(=O)COC(=O)c2n[nH]c(=O)c3ccccc23)cc1. The van der Waals surface area contributed by atoms with Crippen molar-refractivity contribution in [1.82, 2.24) is 10.2 Å². The summed E-state index contributed by atoms with van der Waals surface area (Å²) in [6.07, 6.45) is 1.72. The van der Waals surface area contributed by atoms with E-state index in [-0.39, 0.29) is 5.69 Å². The number of benzene rings is 2. The van der Waals surface area contributed by atoms with Crippen molar-refractivity contribution in [2.24, 2.45) is 0 Å². The van der Waals surface area contributed by atoms with Crippen molar-refractivity contribution in [3.05, 3.63) is 70.1 Å². The Labute approximate surface area is 177 Å². The fourth-order valence-corrected chi connectivity index (χ4v) is 2.75. The van der Waals surface area contributed by atoms with E-state index in [9.17, 15) is 19.2 Å². The second kappa shape index (κ2) is 10.1. The highest BCUT2D eigenvalue weighted by Crippen LogP contribution is 2.14. The maximum atomic E-state index is 12.3. The number of aromatic amines is 1. The van der Waals surface area contributed by atoms with Crippen LogP contribution in [0.1, 0.15) is 40.6 Å². The highest BCUT2D eigenvalue weighted by atomic mass is 16.5. The highest BCUT2D eigenvalue weighted by molar-refractivity contribution is 6.03. The summed E-state index contributed by atoms with van der Waals surface area (Å²) in [5.74, 6) is -1.84. The first-order valence-electron chi connectivity index (χ1n) is 9.71. The molecule has 0 bridgehead atoms. The fourth-order valence-electron chi connectivity index (χ4n) is 2.75. The number of carbonyl (C=O) groups is 3. The first kappa shape index (κ1) is 21.7. The third-order valence-electron chi connectivity index (χ3n) is 4.36. The molecule has 1 heterocycles. The van der Waals surface area contributed by atoms with Crippen LogP contribution in [-0.2, 0) is 14.3 Å². The van der Waals surface area contributed by atoms with Gasteiger partial charge in [0.25, 0.3) is 11.5 Å². The summed E-state index contributed by atoms with van der Waals surface area (Å²) in [6, 6.07) is 12.6. The molecule has 2 aromatic carbocycles. The van der Waals surface area contributed by atoms with Gasteiger partial charge >= 0.3 is 11.9 Å². The molecule has 0 fully saturated rings. The molecule has 0 spiro atoms. The maximum absolute atomic E-state index is 12.3. The van der Waals surface area contributed by atoms with E-state index >= 15 is 0 Å². The standard InChI is InChI=1S/C22H21N3O6/c1-2-3-12-30-21(28)14-8-10-15(11-9-14)23-18(26)13-31-22(29)19-16-6-4-5-7-17(16)20(27)25-24-19/h4-11H,2-3,12-13H2,1H3,(H,23,26)(H,25,27). The number of carbonyl (C=O) groups excluding carboxylic acids is 3. The van der Waals surface area contributed by atoms with Gasteiger partial charge in [-0.2, -0.15) is 5.10 Å². The van der Waals surface area contributed by atoms with Crippen molar-refractivity contribution >= 4 is 34.3 Å². The molecule has 0 saturated heterocycles. The van der Waals surface area contributed by atoms with Crippen molar-refractivity contribution in [3.63, 3.8) is 0 Å². The molecule has 0 unspecified atom stereocenters. The number of amides is 1. The Morgan fingerprint density at radius 3 is 2.39 bits per heavy atom. The molecular formula is C22H21N3O6. The van der Waals surface area contributed by atoms with Gasteiger partial charge in [-0.15, -0.1) is 0 Å². The first-order valence-corrected chi connectivity index (χ1v) is 9.71. The van der Waals surface area contributed by atoms with Gasteiger partial charge in [0.1, 0.15) is 0 Å². The molecule has 1 aromatic heterocycles. The Morgan fingerprint density at radius 2 is 1.68 bits per heavy atom. The molecule has 3 aromatic rings. The Hall–Kier alpha value is -4.01. The number of aromatic nitrogens is 2. The van der Waals surface area contributed by atoms with Crippen molar-refractivity contribution in [2.75, 3.05) is 18.5 Å². The number of hydrogen-bond donors (Lipinski definition) is 2. The van der Waals surface area contributed by atoms with E-state index in [1.165, 1.54) is 12.1 Å². The molecule has 0 aliphatic rings. The Balaban J connectivity index is 1.56. The van der Waals surface area contributed by atoms with E-state index in [2.05, 4.69) is 15.5 Å². The highest BCUT2D eigenvalue weighted by Gasteiger charge is 2.17. The number of anilines is 1. The lowest BCUT2D eigenvalue weighted by atomic mass is 10.1. The Kier molecular flexibility index (Phi) is 7.10. The van der Waals surface area contributed by atoms with Gasteiger partial charge in [0.05, 0.1) is 17.6 Å². The molecule has 160 valence electrons. The van der Waals surface area contributed by atoms with E-state index in [0.29, 0.717) is 28.6 Å². The van der Waals surface area contributed by atoms with Crippen LogP contribution in [0.3, 0.4) is 0 Å². The average molecular weight is 423 g/mol. The van der Waals surface area contributed by atoms with Crippen LogP contribution in [0.15, 0.2) is 53.3 Å². The van der Waals surface area contributed by atoms with Crippen LogP contribution in [0.25, 0.3) is 10.8 Å². The van der Waals surface area contributed by atoms with Gasteiger partial charge in [-0.05, 0) is 36.8 Å². The molecule has 0 saturated carbocycles. The largest absolute Gasteiger partial charge is 0.462 e. The minimum Gasteiger partial charge on any atom is -0.462 e. The van der Waals surface area contributed by atoms with E-state index in [4.69, 9.17) is 9.47 Å². The summed E-state index contributed by atoms with van der Waals surface area (Å²) >= 11 is 0. The summed E-state index contributed by atoms with van der Waals surface area (Å²) in [7, 11) is 0. The summed E-state index contributed by atoms with van der Waals surface area (Å²) in [4.78, 5) is 48.1. The van der Waals surface area contributed by atoms with Crippen molar-refractivity contribution < 1.29 is 23.9 Å². The number of hydrogen-bond acceptors (Lipinski definition) is 7. The molecule has 0 radical (unpaired) electrons. The molecule has 2 N–H and O–H groups in total. The lowest BCUT2D eigenvalue weighted by Gasteiger charge is -2.08. The zero-order chi connectivity index (χ0) is 22.2. The van der Waals surface area contributed by atoms with Crippen LogP contribution < -0.4 is 10.9 Å². The van der Waals surface area contributed by atoms with E-state index in [1.807, 2.05) is 6.92 Å². The van der Waals surface area contributed by atoms with Gasteiger partial charge in [-0.1, -0.05) is 31.5 Å². The minimum atomic E-state index is -0.840. The van der Waals surface area contributed by atoms with Gasteiger partial charge in [0, 0.05) is 11.1 Å². The van der Waals surface area contributed by atoms with E-state index in [1.54, 1.807) is 36.4 Å². The fraction of sp³-hybridized carbons (Fsp3) is 0.227. The molecule has 31 heavy (non-hydrogen) atoms. The molecule has 9 nitrogen and oxygen atoms in total. The number of unbranched alkanes of at least 4 members (excludes halogenated alkanes) is 1. The summed E-state index contributed by atoms with van der Waals surface area (Å²) in [5.41, 5.74) is 0.284. The summed E-state index contributed by atoms with van der Waals surface area (Å²) < 4.78 is 10.1. The normalized spacial score (nSPS) is 10.5. The number of nitrogens with zero attached hydrogens (tertiary/aromatic N) is 1. The molecule has 0 aliphatic heterocycles.